The monoisotopic (exact) mass is 265 g/mol. The van der Waals surface area contributed by atoms with Gasteiger partial charge in [0.05, 0.1) is 18.1 Å². The smallest absolute Gasteiger partial charge is 0.261 e. The minimum absolute atomic E-state index is 0.0216. The van der Waals surface area contributed by atoms with Crippen LogP contribution in [0.4, 0.5) is 0 Å². The zero-order valence-electron chi connectivity index (χ0n) is 10.8. The highest BCUT2D eigenvalue weighted by Gasteiger charge is 2.17. The molecule has 18 heavy (non-hydrogen) atoms. The first-order chi connectivity index (χ1) is 8.66. The molecule has 1 aromatic rings. The predicted octanol–water partition coefficient (Wildman–Crippen LogP) is 2.56. The Bertz CT molecular complexity index is 429. The minimum Gasteiger partial charge on any atom is -0.375 e. The fraction of sp³-hybridized carbons (Fsp3) is 0.500. The SMILES string of the molecule is C=C(C)COCCNC(=O)c1cc2c(s1)CCC2. The van der Waals surface area contributed by atoms with Crippen LogP contribution in [0, 0.1) is 0 Å². The molecular formula is C14H19NO2S. The van der Waals surface area contributed by atoms with E-state index >= 15 is 0 Å². The third-order valence-electron chi connectivity index (χ3n) is 2.85. The van der Waals surface area contributed by atoms with E-state index < -0.39 is 0 Å². The highest BCUT2D eigenvalue weighted by atomic mass is 32.1. The van der Waals surface area contributed by atoms with Crippen molar-refractivity contribution in [3.63, 3.8) is 0 Å². The zero-order chi connectivity index (χ0) is 13.0. The summed E-state index contributed by atoms with van der Waals surface area (Å²) in [5, 5.41) is 2.88. The van der Waals surface area contributed by atoms with Crippen molar-refractivity contribution in [1.29, 1.82) is 0 Å². The van der Waals surface area contributed by atoms with Gasteiger partial charge in [-0.15, -0.1) is 11.3 Å². The first kappa shape index (κ1) is 13.3. The van der Waals surface area contributed by atoms with Gasteiger partial charge in [-0.2, -0.15) is 0 Å². The van der Waals surface area contributed by atoms with Gasteiger partial charge in [0.2, 0.25) is 0 Å². The average Bonchev–Trinajstić information content (AvgIpc) is 2.87. The number of aryl methyl sites for hydroxylation is 2. The molecule has 98 valence electrons. The van der Waals surface area contributed by atoms with Crippen LogP contribution in [0.25, 0.3) is 0 Å². The standard InChI is InChI=1S/C14H19NO2S/c1-10(2)9-17-7-6-15-14(16)13-8-11-4-3-5-12(11)18-13/h8H,1,3-7,9H2,2H3,(H,15,16). The number of thiophene rings is 1. The Kier molecular flexibility index (Phi) is 4.55. The Morgan fingerprint density at radius 1 is 1.56 bits per heavy atom. The summed E-state index contributed by atoms with van der Waals surface area (Å²) in [6, 6.07) is 2.04. The van der Waals surface area contributed by atoms with Gasteiger partial charge in [0, 0.05) is 11.4 Å². The van der Waals surface area contributed by atoms with Gasteiger partial charge >= 0.3 is 0 Å². The van der Waals surface area contributed by atoms with Crippen molar-refractivity contribution >= 4 is 17.2 Å². The third kappa shape index (κ3) is 3.43. The predicted molar refractivity (Wildman–Crippen MR) is 74.3 cm³/mol. The average molecular weight is 265 g/mol. The van der Waals surface area contributed by atoms with Crippen LogP contribution in [0.5, 0.6) is 0 Å². The maximum absolute atomic E-state index is 11.9. The highest BCUT2D eigenvalue weighted by Crippen LogP contribution is 2.30. The van der Waals surface area contributed by atoms with E-state index in [1.54, 1.807) is 11.3 Å². The number of rotatable bonds is 6. The van der Waals surface area contributed by atoms with Crippen LogP contribution in [-0.4, -0.2) is 25.7 Å². The van der Waals surface area contributed by atoms with Crippen molar-refractivity contribution in [3.05, 3.63) is 33.5 Å². The lowest BCUT2D eigenvalue weighted by atomic mass is 10.2. The summed E-state index contributed by atoms with van der Waals surface area (Å²) in [6.45, 7) is 7.32. The van der Waals surface area contributed by atoms with E-state index in [2.05, 4.69) is 11.9 Å². The molecule has 0 atom stereocenters. The van der Waals surface area contributed by atoms with Crippen LogP contribution in [0.3, 0.4) is 0 Å². The second kappa shape index (κ2) is 6.16. The first-order valence-electron chi connectivity index (χ1n) is 6.28. The molecule has 3 nitrogen and oxygen atoms in total. The topological polar surface area (TPSA) is 38.3 Å². The van der Waals surface area contributed by atoms with Crippen LogP contribution < -0.4 is 5.32 Å². The van der Waals surface area contributed by atoms with Crippen LogP contribution >= 0.6 is 11.3 Å². The van der Waals surface area contributed by atoms with Gasteiger partial charge in [0.15, 0.2) is 0 Å². The van der Waals surface area contributed by atoms with Gasteiger partial charge < -0.3 is 10.1 Å². The quantitative estimate of drug-likeness (QED) is 0.634. The summed E-state index contributed by atoms with van der Waals surface area (Å²) in [7, 11) is 0. The largest absolute Gasteiger partial charge is 0.375 e. The van der Waals surface area contributed by atoms with Crippen molar-refractivity contribution in [3.8, 4) is 0 Å². The molecule has 2 rings (SSSR count). The number of fused-ring (bicyclic) bond motifs is 1. The molecule has 0 spiro atoms. The molecular weight excluding hydrogens is 246 g/mol. The maximum Gasteiger partial charge on any atom is 0.261 e. The number of ether oxygens (including phenoxy) is 1. The summed E-state index contributed by atoms with van der Waals surface area (Å²) in [5.41, 5.74) is 2.36. The summed E-state index contributed by atoms with van der Waals surface area (Å²) < 4.78 is 5.33. The number of hydrogen-bond donors (Lipinski definition) is 1. The number of nitrogens with one attached hydrogen (secondary N) is 1. The Labute approximate surface area is 112 Å². The summed E-state index contributed by atoms with van der Waals surface area (Å²) in [6.07, 6.45) is 3.49. The Hall–Kier alpha value is -1.13. The van der Waals surface area contributed by atoms with Gasteiger partial charge in [-0.05, 0) is 37.8 Å². The molecule has 1 aliphatic rings. The maximum atomic E-state index is 11.9. The lowest BCUT2D eigenvalue weighted by molar-refractivity contribution is 0.0930. The number of hydrogen-bond acceptors (Lipinski definition) is 3. The van der Waals surface area contributed by atoms with E-state index in [-0.39, 0.29) is 5.91 Å². The zero-order valence-corrected chi connectivity index (χ0v) is 11.6. The summed E-state index contributed by atoms with van der Waals surface area (Å²) in [4.78, 5) is 14.1. The van der Waals surface area contributed by atoms with Crippen molar-refractivity contribution < 1.29 is 9.53 Å². The van der Waals surface area contributed by atoms with E-state index in [0.717, 1.165) is 23.3 Å². The van der Waals surface area contributed by atoms with Gasteiger partial charge in [-0.25, -0.2) is 0 Å². The van der Waals surface area contributed by atoms with Crippen LogP contribution in [0.15, 0.2) is 18.2 Å². The fourth-order valence-corrected chi connectivity index (χ4v) is 3.18. The summed E-state index contributed by atoms with van der Waals surface area (Å²) in [5.74, 6) is 0.0216. The van der Waals surface area contributed by atoms with E-state index in [0.29, 0.717) is 19.8 Å². The van der Waals surface area contributed by atoms with E-state index in [1.165, 1.54) is 16.9 Å². The molecule has 1 aliphatic carbocycles. The van der Waals surface area contributed by atoms with Crippen molar-refractivity contribution in [1.82, 2.24) is 5.32 Å². The van der Waals surface area contributed by atoms with Gasteiger partial charge in [-0.1, -0.05) is 12.2 Å². The molecule has 1 heterocycles. The molecule has 0 aliphatic heterocycles. The molecule has 0 saturated heterocycles. The van der Waals surface area contributed by atoms with Gasteiger partial charge in [0.1, 0.15) is 0 Å². The lowest BCUT2D eigenvalue weighted by Crippen LogP contribution is -2.26. The van der Waals surface area contributed by atoms with Gasteiger partial charge in [0.25, 0.3) is 5.91 Å². The van der Waals surface area contributed by atoms with E-state index in [9.17, 15) is 4.79 Å². The van der Waals surface area contributed by atoms with Crippen molar-refractivity contribution in [2.24, 2.45) is 0 Å². The molecule has 4 heteroatoms. The minimum atomic E-state index is 0.0216. The van der Waals surface area contributed by atoms with Crippen LogP contribution in [0.1, 0.15) is 33.5 Å². The molecule has 0 bridgehead atoms. The van der Waals surface area contributed by atoms with Crippen LogP contribution in [0.2, 0.25) is 0 Å². The van der Waals surface area contributed by atoms with E-state index in [1.807, 2.05) is 13.0 Å². The number of carbonyl (C=O) groups excluding carboxylic acids is 1. The van der Waals surface area contributed by atoms with Gasteiger partial charge in [-0.3, -0.25) is 4.79 Å². The molecule has 0 fully saturated rings. The number of amides is 1. The highest BCUT2D eigenvalue weighted by molar-refractivity contribution is 7.14. The molecule has 1 N–H and O–H groups in total. The van der Waals surface area contributed by atoms with Crippen molar-refractivity contribution in [2.45, 2.75) is 26.2 Å². The Balaban J connectivity index is 1.72. The third-order valence-corrected chi connectivity index (χ3v) is 4.09. The molecule has 0 aromatic carbocycles. The molecule has 1 aromatic heterocycles. The van der Waals surface area contributed by atoms with Crippen LogP contribution in [-0.2, 0) is 17.6 Å². The van der Waals surface area contributed by atoms with E-state index in [4.69, 9.17) is 4.74 Å². The fourth-order valence-electron chi connectivity index (χ4n) is 2.01. The Morgan fingerprint density at radius 3 is 3.11 bits per heavy atom. The molecule has 0 saturated carbocycles. The second-order valence-electron chi connectivity index (χ2n) is 4.68. The molecule has 0 unspecified atom stereocenters. The normalized spacial score (nSPS) is 13.4. The lowest BCUT2D eigenvalue weighted by Gasteiger charge is -2.05. The molecule has 1 amide bonds. The second-order valence-corrected chi connectivity index (χ2v) is 5.81. The molecule has 0 radical (unpaired) electrons. The number of carbonyl (C=O) groups is 1. The first-order valence-corrected chi connectivity index (χ1v) is 7.10. The summed E-state index contributed by atoms with van der Waals surface area (Å²) >= 11 is 1.63. The Morgan fingerprint density at radius 2 is 2.39 bits per heavy atom. The van der Waals surface area contributed by atoms with Crippen molar-refractivity contribution in [2.75, 3.05) is 19.8 Å².